The molecular weight excluding hydrogens is 342 g/mol. The number of halogens is 2. The van der Waals surface area contributed by atoms with Crippen molar-refractivity contribution in [3.63, 3.8) is 0 Å². The zero-order valence-electron chi connectivity index (χ0n) is 10.2. The fourth-order valence-electron chi connectivity index (χ4n) is 1.77. The van der Waals surface area contributed by atoms with Gasteiger partial charge in [0, 0.05) is 26.3 Å². The van der Waals surface area contributed by atoms with Crippen LogP contribution < -0.4 is 5.73 Å². The van der Waals surface area contributed by atoms with Crippen molar-refractivity contribution in [1.29, 1.82) is 0 Å². The van der Waals surface area contributed by atoms with E-state index in [0.717, 1.165) is 15.6 Å². The summed E-state index contributed by atoms with van der Waals surface area (Å²) in [5.74, 6) is 0.927. The summed E-state index contributed by atoms with van der Waals surface area (Å²) < 4.78 is 6.13. The van der Waals surface area contributed by atoms with E-state index in [1.165, 1.54) is 0 Å². The van der Waals surface area contributed by atoms with Gasteiger partial charge in [0.2, 0.25) is 5.82 Å². The van der Waals surface area contributed by atoms with Gasteiger partial charge in [-0.05, 0) is 42.5 Å². The molecule has 1 heterocycles. The van der Waals surface area contributed by atoms with Gasteiger partial charge in [-0.3, -0.25) is 0 Å². The number of rotatable bonds is 2. The number of hydrogen-bond acceptors (Lipinski definition) is 4. The lowest BCUT2D eigenvalue weighted by Crippen LogP contribution is -1.85. The van der Waals surface area contributed by atoms with Crippen molar-refractivity contribution in [2.24, 2.45) is 0 Å². The van der Waals surface area contributed by atoms with Gasteiger partial charge in [0.25, 0.3) is 5.89 Å². The lowest BCUT2D eigenvalue weighted by atomic mass is 10.2. The van der Waals surface area contributed by atoms with Crippen LogP contribution in [-0.2, 0) is 0 Å². The van der Waals surface area contributed by atoms with Crippen LogP contribution in [0.2, 0.25) is 5.02 Å². The third kappa shape index (κ3) is 2.69. The van der Waals surface area contributed by atoms with Gasteiger partial charge in [-0.1, -0.05) is 32.7 Å². The zero-order chi connectivity index (χ0) is 14.1. The van der Waals surface area contributed by atoms with Crippen LogP contribution in [0.25, 0.3) is 22.8 Å². The Morgan fingerprint density at radius 2 is 1.80 bits per heavy atom. The topological polar surface area (TPSA) is 64.9 Å². The van der Waals surface area contributed by atoms with Gasteiger partial charge in [0.15, 0.2) is 0 Å². The minimum absolute atomic E-state index is 0.417. The average Bonchev–Trinajstić information content (AvgIpc) is 2.88. The third-order valence-corrected chi connectivity index (χ3v) is 3.38. The van der Waals surface area contributed by atoms with Crippen LogP contribution in [-0.4, -0.2) is 10.1 Å². The highest BCUT2D eigenvalue weighted by atomic mass is 79.9. The molecule has 0 aliphatic heterocycles. The molecule has 0 spiro atoms. The summed E-state index contributed by atoms with van der Waals surface area (Å²) in [6.45, 7) is 0. The molecule has 2 N–H and O–H groups in total. The summed E-state index contributed by atoms with van der Waals surface area (Å²) in [5.41, 5.74) is 7.95. The summed E-state index contributed by atoms with van der Waals surface area (Å²) in [7, 11) is 0. The van der Waals surface area contributed by atoms with Crippen molar-refractivity contribution in [2.75, 3.05) is 5.73 Å². The Morgan fingerprint density at radius 3 is 2.50 bits per heavy atom. The van der Waals surface area contributed by atoms with Crippen LogP contribution in [0.4, 0.5) is 5.69 Å². The first-order valence-electron chi connectivity index (χ1n) is 5.78. The number of nitrogens with zero attached hydrogens (tertiary/aromatic N) is 2. The molecular formula is C14H9BrClN3O. The molecule has 0 amide bonds. The summed E-state index contributed by atoms with van der Waals surface area (Å²) in [6.07, 6.45) is 0. The molecule has 0 aliphatic rings. The van der Waals surface area contributed by atoms with Crippen LogP contribution >= 0.6 is 27.5 Å². The van der Waals surface area contributed by atoms with Crippen LogP contribution in [0.15, 0.2) is 51.5 Å². The first-order chi connectivity index (χ1) is 9.61. The second-order valence-electron chi connectivity index (χ2n) is 4.20. The molecule has 20 heavy (non-hydrogen) atoms. The predicted octanol–water partition coefficient (Wildman–Crippen LogP) is 4.40. The number of benzene rings is 2. The molecule has 1 aromatic heterocycles. The summed E-state index contributed by atoms with van der Waals surface area (Å²) in [4.78, 5) is 4.36. The van der Waals surface area contributed by atoms with Crippen molar-refractivity contribution in [1.82, 2.24) is 10.1 Å². The molecule has 0 aliphatic carbocycles. The summed E-state index contributed by atoms with van der Waals surface area (Å²) >= 11 is 9.39. The SMILES string of the molecule is Nc1ccc(-c2noc(-c3cc(Cl)cc(Br)c3)n2)cc1. The maximum Gasteiger partial charge on any atom is 0.258 e. The smallest absolute Gasteiger partial charge is 0.258 e. The van der Waals surface area contributed by atoms with Crippen molar-refractivity contribution in [2.45, 2.75) is 0 Å². The second-order valence-corrected chi connectivity index (χ2v) is 5.56. The molecule has 3 aromatic rings. The molecule has 100 valence electrons. The highest BCUT2D eigenvalue weighted by Crippen LogP contribution is 2.28. The monoisotopic (exact) mass is 349 g/mol. The lowest BCUT2D eigenvalue weighted by molar-refractivity contribution is 0.432. The lowest BCUT2D eigenvalue weighted by Gasteiger charge is -1.97. The largest absolute Gasteiger partial charge is 0.399 e. The van der Waals surface area contributed by atoms with Crippen molar-refractivity contribution >= 4 is 33.2 Å². The highest BCUT2D eigenvalue weighted by molar-refractivity contribution is 9.10. The Labute approximate surface area is 128 Å². The quantitative estimate of drug-likeness (QED) is 0.696. The van der Waals surface area contributed by atoms with Crippen LogP contribution in [0.1, 0.15) is 0 Å². The molecule has 2 aromatic carbocycles. The van der Waals surface area contributed by atoms with E-state index in [0.29, 0.717) is 22.4 Å². The fraction of sp³-hybridized carbons (Fsp3) is 0. The first-order valence-corrected chi connectivity index (χ1v) is 6.95. The van der Waals surface area contributed by atoms with E-state index in [1.54, 1.807) is 24.3 Å². The van der Waals surface area contributed by atoms with Gasteiger partial charge in [-0.2, -0.15) is 4.98 Å². The summed E-state index contributed by atoms with van der Waals surface area (Å²) in [6, 6.07) is 12.7. The van der Waals surface area contributed by atoms with Crippen molar-refractivity contribution in [3.05, 3.63) is 52.0 Å². The first kappa shape index (κ1) is 13.1. The third-order valence-electron chi connectivity index (χ3n) is 2.70. The van der Waals surface area contributed by atoms with Gasteiger partial charge in [0.1, 0.15) is 0 Å². The average molecular weight is 351 g/mol. The Morgan fingerprint density at radius 1 is 1.05 bits per heavy atom. The van der Waals surface area contributed by atoms with Crippen LogP contribution in [0.3, 0.4) is 0 Å². The number of nitrogen functional groups attached to an aromatic ring is 1. The van der Waals surface area contributed by atoms with Gasteiger partial charge in [0.05, 0.1) is 0 Å². The molecule has 0 radical (unpaired) electrons. The molecule has 0 atom stereocenters. The number of anilines is 1. The number of aromatic nitrogens is 2. The Kier molecular flexibility index (Phi) is 3.46. The Balaban J connectivity index is 1.99. The molecule has 3 rings (SSSR count). The van der Waals surface area contributed by atoms with E-state index in [9.17, 15) is 0 Å². The maximum absolute atomic E-state index is 6.01. The molecule has 0 fully saturated rings. The van der Waals surface area contributed by atoms with Gasteiger partial charge < -0.3 is 10.3 Å². The van der Waals surface area contributed by atoms with E-state index in [2.05, 4.69) is 26.1 Å². The summed E-state index contributed by atoms with van der Waals surface area (Å²) in [5, 5.41) is 4.57. The van der Waals surface area contributed by atoms with Gasteiger partial charge in [-0.15, -0.1) is 0 Å². The van der Waals surface area contributed by atoms with Crippen molar-refractivity contribution < 1.29 is 4.52 Å². The normalized spacial score (nSPS) is 10.7. The second kappa shape index (κ2) is 5.26. The van der Waals surface area contributed by atoms with E-state index >= 15 is 0 Å². The maximum atomic E-state index is 6.01. The van der Waals surface area contributed by atoms with Crippen molar-refractivity contribution in [3.8, 4) is 22.8 Å². The van der Waals surface area contributed by atoms with E-state index in [4.69, 9.17) is 21.9 Å². The minimum Gasteiger partial charge on any atom is -0.399 e. The molecule has 6 heteroatoms. The van der Waals surface area contributed by atoms with E-state index in [-0.39, 0.29) is 0 Å². The standard InChI is InChI=1S/C14H9BrClN3O/c15-10-5-9(6-11(16)7-10)14-18-13(19-20-14)8-1-3-12(17)4-2-8/h1-7H,17H2. The van der Waals surface area contributed by atoms with Gasteiger partial charge >= 0.3 is 0 Å². The number of nitrogens with two attached hydrogens (primary N) is 1. The Bertz CT molecular complexity index is 735. The highest BCUT2D eigenvalue weighted by Gasteiger charge is 2.11. The van der Waals surface area contributed by atoms with Crippen LogP contribution in [0, 0.1) is 0 Å². The molecule has 0 saturated heterocycles. The zero-order valence-corrected chi connectivity index (χ0v) is 12.5. The van der Waals surface area contributed by atoms with E-state index in [1.807, 2.05) is 18.2 Å². The van der Waals surface area contributed by atoms with E-state index < -0.39 is 0 Å². The molecule has 4 nitrogen and oxygen atoms in total. The molecule has 0 saturated carbocycles. The predicted molar refractivity (Wildman–Crippen MR) is 82.3 cm³/mol. The Hall–Kier alpha value is -1.85. The molecule has 0 bridgehead atoms. The minimum atomic E-state index is 0.417. The fourth-order valence-corrected chi connectivity index (χ4v) is 2.63. The number of hydrogen-bond donors (Lipinski definition) is 1. The van der Waals surface area contributed by atoms with Gasteiger partial charge in [-0.25, -0.2) is 0 Å². The van der Waals surface area contributed by atoms with Crippen LogP contribution in [0.5, 0.6) is 0 Å². The molecule has 0 unspecified atom stereocenters.